The van der Waals surface area contributed by atoms with E-state index in [1.54, 1.807) is 19.9 Å². The molecule has 2 N–H and O–H groups in total. The first kappa shape index (κ1) is 11.7. The fraction of sp³-hybridized carbons (Fsp3) is 0.556. The van der Waals surface area contributed by atoms with Crippen molar-refractivity contribution in [2.75, 3.05) is 0 Å². The Labute approximate surface area is 77.6 Å². The van der Waals surface area contributed by atoms with E-state index in [2.05, 4.69) is 5.32 Å². The van der Waals surface area contributed by atoms with Crippen molar-refractivity contribution in [3.63, 3.8) is 0 Å². The molecule has 0 saturated carbocycles. The van der Waals surface area contributed by atoms with Gasteiger partial charge in [0.15, 0.2) is 0 Å². The van der Waals surface area contributed by atoms with E-state index in [4.69, 9.17) is 5.11 Å². The molecule has 4 nitrogen and oxygen atoms in total. The second-order valence-electron chi connectivity index (χ2n) is 3.36. The Balaban J connectivity index is 4.46. The molecule has 4 heteroatoms. The summed E-state index contributed by atoms with van der Waals surface area (Å²) in [7, 11) is 0. The molecular weight excluding hydrogens is 170 g/mol. The molecule has 0 aliphatic carbocycles. The van der Waals surface area contributed by atoms with Crippen molar-refractivity contribution < 1.29 is 14.7 Å². The highest BCUT2D eigenvalue weighted by molar-refractivity contribution is 5.96. The van der Waals surface area contributed by atoms with Gasteiger partial charge in [-0.1, -0.05) is 6.08 Å². The Morgan fingerprint density at radius 3 is 2.15 bits per heavy atom. The minimum atomic E-state index is -1.22. The van der Waals surface area contributed by atoms with Crippen molar-refractivity contribution in [1.82, 2.24) is 5.32 Å². The summed E-state index contributed by atoms with van der Waals surface area (Å²) in [4.78, 5) is 21.9. The maximum Gasteiger partial charge on any atom is 0.328 e. The number of nitrogens with one attached hydrogen (secondary N) is 1. The zero-order chi connectivity index (χ0) is 10.6. The van der Waals surface area contributed by atoms with Crippen molar-refractivity contribution in [2.24, 2.45) is 0 Å². The molecule has 0 atom stereocenters. The molecule has 1 amide bonds. The maximum absolute atomic E-state index is 11.3. The molecule has 0 aromatic heterocycles. The molecule has 0 aromatic carbocycles. The van der Waals surface area contributed by atoms with Crippen molar-refractivity contribution in [3.8, 4) is 0 Å². The molecule has 0 bridgehead atoms. The molecule has 0 radical (unpaired) electrons. The number of amides is 1. The minimum Gasteiger partial charge on any atom is -0.480 e. The third kappa shape index (κ3) is 3.27. The number of carboxylic acids is 1. The lowest BCUT2D eigenvalue weighted by molar-refractivity contribution is -0.145. The van der Waals surface area contributed by atoms with Gasteiger partial charge in [-0.2, -0.15) is 0 Å². The van der Waals surface area contributed by atoms with Crippen molar-refractivity contribution >= 4 is 11.9 Å². The van der Waals surface area contributed by atoms with Crippen LogP contribution in [0.15, 0.2) is 11.6 Å². The number of allylic oxidation sites excluding steroid dienone is 1. The average Bonchev–Trinajstić information content (AvgIpc) is 2.01. The molecule has 0 heterocycles. The molecule has 0 saturated heterocycles. The normalized spacial score (nSPS) is 12.5. The molecule has 0 rings (SSSR count). The lowest BCUT2D eigenvalue weighted by atomic mass is 10.1. The maximum atomic E-state index is 11.3. The number of rotatable bonds is 3. The van der Waals surface area contributed by atoms with E-state index >= 15 is 0 Å². The number of carbonyl (C=O) groups excluding carboxylic acids is 1. The number of hydrogen-bond donors (Lipinski definition) is 2. The number of aliphatic carboxylic acids is 1. The van der Waals surface area contributed by atoms with Crippen LogP contribution < -0.4 is 5.32 Å². The topological polar surface area (TPSA) is 66.4 Å². The summed E-state index contributed by atoms with van der Waals surface area (Å²) in [5.74, 6) is -1.40. The number of carboxylic acid groups (broad SMARTS) is 1. The largest absolute Gasteiger partial charge is 0.480 e. The summed E-state index contributed by atoms with van der Waals surface area (Å²) < 4.78 is 0. The Bertz CT molecular complexity index is 254. The van der Waals surface area contributed by atoms with Gasteiger partial charge in [-0.05, 0) is 27.7 Å². The van der Waals surface area contributed by atoms with Crippen LogP contribution in [0.3, 0.4) is 0 Å². The Kier molecular flexibility index (Phi) is 3.66. The second-order valence-corrected chi connectivity index (χ2v) is 3.36. The average molecular weight is 185 g/mol. The summed E-state index contributed by atoms with van der Waals surface area (Å²) >= 11 is 0. The predicted octanol–water partition coefficient (Wildman–Crippen LogP) is 0.932. The Hall–Kier alpha value is -1.32. The van der Waals surface area contributed by atoms with Crippen molar-refractivity contribution in [1.29, 1.82) is 0 Å². The Morgan fingerprint density at radius 2 is 1.85 bits per heavy atom. The van der Waals surface area contributed by atoms with E-state index in [1.165, 1.54) is 13.8 Å². The molecule has 0 aliphatic rings. The van der Waals surface area contributed by atoms with Crippen LogP contribution in [0.25, 0.3) is 0 Å². The van der Waals surface area contributed by atoms with Crippen LogP contribution in [0.4, 0.5) is 0 Å². The van der Waals surface area contributed by atoms with Crippen LogP contribution in [-0.4, -0.2) is 22.5 Å². The highest BCUT2D eigenvalue weighted by Gasteiger charge is 2.28. The SMILES string of the molecule is C/C=C(/C)C(=O)NC(C)(C)C(=O)O. The summed E-state index contributed by atoms with van der Waals surface area (Å²) in [6.07, 6.45) is 1.63. The van der Waals surface area contributed by atoms with Gasteiger partial charge >= 0.3 is 5.97 Å². The first-order valence-corrected chi connectivity index (χ1v) is 4.00. The van der Waals surface area contributed by atoms with Crippen LogP contribution in [-0.2, 0) is 9.59 Å². The quantitative estimate of drug-likeness (QED) is 0.643. The summed E-state index contributed by atoms with van der Waals surface area (Å²) in [5.41, 5.74) is -0.712. The van der Waals surface area contributed by atoms with Gasteiger partial charge in [0.05, 0.1) is 0 Å². The van der Waals surface area contributed by atoms with Crippen LogP contribution >= 0.6 is 0 Å². The van der Waals surface area contributed by atoms with Gasteiger partial charge < -0.3 is 10.4 Å². The van der Waals surface area contributed by atoms with Crippen molar-refractivity contribution in [2.45, 2.75) is 33.2 Å². The van der Waals surface area contributed by atoms with Gasteiger partial charge in [-0.15, -0.1) is 0 Å². The van der Waals surface area contributed by atoms with Crippen LogP contribution in [0.5, 0.6) is 0 Å². The molecule has 0 unspecified atom stereocenters. The lowest BCUT2D eigenvalue weighted by Crippen LogP contribution is -2.49. The molecular formula is C9H15NO3. The van der Waals surface area contributed by atoms with Crippen LogP contribution in [0, 0.1) is 0 Å². The molecule has 0 fully saturated rings. The third-order valence-electron chi connectivity index (χ3n) is 1.75. The van der Waals surface area contributed by atoms with Crippen LogP contribution in [0.1, 0.15) is 27.7 Å². The number of hydrogen-bond acceptors (Lipinski definition) is 2. The van der Waals surface area contributed by atoms with Gasteiger partial charge in [0.1, 0.15) is 5.54 Å². The summed E-state index contributed by atoms with van der Waals surface area (Å²) in [6, 6.07) is 0. The molecule has 74 valence electrons. The molecule has 0 aliphatic heterocycles. The van der Waals surface area contributed by atoms with E-state index < -0.39 is 11.5 Å². The predicted molar refractivity (Wildman–Crippen MR) is 49.3 cm³/mol. The highest BCUT2D eigenvalue weighted by Crippen LogP contribution is 2.03. The highest BCUT2D eigenvalue weighted by atomic mass is 16.4. The van der Waals surface area contributed by atoms with Gasteiger partial charge in [-0.3, -0.25) is 4.79 Å². The fourth-order valence-corrected chi connectivity index (χ4v) is 0.567. The number of carbonyl (C=O) groups is 2. The van der Waals surface area contributed by atoms with Gasteiger partial charge in [0.2, 0.25) is 5.91 Å². The van der Waals surface area contributed by atoms with E-state index in [0.29, 0.717) is 5.57 Å². The van der Waals surface area contributed by atoms with Gasteiger partial charge in [0.25, 0.3) is 0 Å². The zero-order valence-electron chi connectivity index (χ0n) is 8.34. The monoisotopic (exact) mass is 185 g/mol. The molecule has 0 aromatic rings. The van der Waals surface area contributed by atoms with E-state index in [0.717, 1.165) is 0 Å². The smallest absolute Gasteiger partial charge is 0.328 e. The first-order valence-electron chi connectivity index (χ1n) is 4.00. The molecule has 13 heavy (non-hydrogen) atoms. The van der Waals surface area contributed by atoms with E-state index in [9.17, 15) is 9.59 Å². The Morgan fingerprint density at radius 1 is 1.38 bits per heavy atom. The van der Waals surface area contributed by atoms with Crippen LogP contribution in [0.2, 0.25) is 0 Å². The van der Waals surface area contributed by atoms with E-state index in [1.807, 2.05) is 0 Å². The lowest BCUT2D eigenvalue weighted by Gasteiger charge is -2.20. The van der Waals surface area contributed by atoms with Gasteiger partial charge in [0, 0.05) is 5.57 Å². The first-order chi connectivity index (χ1) is 5.81. The van der Waals surface area contributed by atoms with Crippen molar-refractivity contribution in [3.05, 3.63) is 11.6 Å². The fourth-order valence-electron chi connectivity index (χ4n) is 0.567. The minimum absolute atomic E-state index is 0.352. The summed E-state index contributed by atoms with van der Waals surface area (Å²) in [5, 5.41) is 11.1. The van der Waals surface area contributed by atoms with Gasteiger partial charge in [-0.25, -0.2) is 4.79 Å². The summed E-state index contributed by atoms with van der Waals surface area (Å²) in [6.45, 7) is 6.24. The molecule has 0 spiro atoms. The van der Waals surface area contributed by atoms with E-state index in [-0.39, 0.29) is 5.91 Å². The zero-order valence-corrected chi connectivity index (χ0v) is 8.34. The second kappa shape index (κ2) is 4.07. The standard InChI is InChI=1S/C9H15NO3/c1-5-6(2)7(11)10-9(3,4)8(12)13/h5H,1-4H3,(H,10,11)(H,12,13)/b6-5-. The third-order valence-corrected chi connectivity index (χ3v) is 1.75.